The average Bonchev–Trinajstić information content (AvgIpc) is 3.75. The standard InChI is InChI=1S/C44H28O/c1-3-13-29(14-4-1)34-23-12-24-39-40-28-32(25-26-41(40)45-44(34)39)31-17-11-18-33(27-31)43-37-21-9-7-19-35(37)42(30-15-5-2-6-16-30)36-20-8-10-22-38(36)43/h1-28H/i1D,2D,3D,4D,5D,6D,7D,8D,9D,10D,11D,12D,13D,14D,15D,16D,18D,19D,20D,21D,22D,23D,24D,25D,26D,27D,28D. The summed E-state index contributed by atoms with van der Waals surface area (Å²) in [6.45, 7) is 0. The zero-order valence-corrected chi connectivity index (χ0v) is 22.5. The van der Waals surface area contributed by atoms with Crippen molar-refractivity contribution >= 4 is 43.5 Å². The van der Waals surface area contributed by atoms with Crippen molar-refractivity contribution in [2.75, 3.05) is 0 Å². The lowest BCUT2D eigenvalue weighted by Crippen LogP contribution is -1.91. The van der Waals surface area contributed by atoms with Gasteiger partial charge in [-0.15, -0.1) is 0 Å². The Morgan fingerprint density at radius 2 is 0.911 bits per heavy atom. The molecule has 0 spiro atoms. The van der Waals surface area contributed by atoms with E-state index in [2.05, 4.69) is 0 Å². The van der Waals surface area contributed by atoms with Crippen molar-refractivity contribution < 1.29 is 41.4 Å². The second kappa shape index (κ2) is 10.4. The van der Waals surface area contributed by atoms with Gasteiger partial charge in [0.1, 0.15) is 11.2 Å². The summed E-state index contributed by atoms with van der Waals surface area (Å²) >= 11 is 0. The van der Waals surface area contributed by atoms with Gasteiger partial charge in [0.05, 0.1) is 37.0 Å². The molecule has 0 saturated heterocycles. The quantitative estimate of drug-likeness (QED) is 0.183. The van der Waals surface area contributed by atoms with E-state index in [-0.39, 0.29) is 0 Å². The van der Waals surface area contributed by atoms with Crippen molar-refractivity contribution in [3.63, 3.8) is 0 Å². The highest BCUT2D eigenvalue weighted by atomic mass is 16.3. The average molecular weight is 600 g/mol. The second-order valence-electron chi connectivity index (χ2n) is 9.59. The lowest BCUT2D eigenvalue weighted by molar-refractivity contribution is 0.670. The lowest BCUT2D eigenvalue weighted by atomic mass is 9.85. The number of hydrogen-bond donors (Lipinski definition) is 0. The Hall–Kier alpha value is -5.92. The van der Waals surface area contributed by atoms with Gasteiger partial charge < -0.3 is 4.42 Å². The summed E-state index contributed by atoms with van der Waals surface area (Å²) in [6.07, 6.45) is 0. The molecule has 0 N–H and O–H groups in total. The first-order chi connectivity index (χ1) is 33.6. The molecule has 0 bridgehead atoms. The van der Waals surface area contributed by atoms with E-state index < -0.39 is 251 Å². The summed E-state index contributed by atoms with van der Waals surface area (Å²) in [4.78, 5) is 0. The number of para-hydroxylation sites is 1. The van der Waals surface area contributed by atoms with Crippen molar-refractivity contribution in [2.45, 2.75) is 0 Å². The molecule has 0 fully saturated rings. The maximum Gasteiger partial charge on any atom is 0.143 e. The van der Waals surface area contributed by atoms with Crippen LogP contribution in [0.25, 0.3) is 88.0 Å². The van der Waals surface area contributed by atoms with E-state index >= 15 is 0 Å². The molecule has 1 aromatic heterocycles. The molecular weight excluding hydrogens is 544 g/mol. The van der Waals surface area contributed by atoms with E-state index in [1.807, 2.05) is 0 Å². The Morgan fingerprint density at radius 3 is 1.58 bits per heavy atom. The molecule has 8 aromatic carbocycles. The molecule has 1 heteroatoms. The van der Waals surface area contributed by atoms with Gasteiger partial charge in [0.2, 0.25) is 0 Å². The fourth-order valence-electron chi connectivity index (χ4n) is 5.25. The molecule has 0 aliphatic rings. The molecule has 9 aromatic rings. The van der Waals surface area contributed by atoms with E-state index in [0.717, 1.165) is 6.07 Å². The minimum Gasteiger partial charge on any atom is -0.455 e. The molecule has 1 heterocycles. The Bertz CT molecular complexity index is 3920. The van der Waals surface area contributed by atoms with Crippen LogP contribution < -0.4 is 0 Å². The molecule has 0 aliphatic carbocycles. The van der Waals surface area contributed by atoms with E-state index in [0.29, 0.717) is 0 Å². The minimum atomic E-state index is -0.960. The van der Waals surface area contributed by atoms with Gasteiger partial charge in [-0.25, -0.2) is 0 Å². The number of rotatable bonds is 4. The summed E-state index contributed by atoms with van der Waals surface area (Å²) in [5, 5.41) is -3.73. The Balaban J connectivity index is 1.51. The van der Waals surface area contributed by atoms with E-state index in [1.165, 1.54) is 0 Å². The molecule has 0 amide bonds. The van der Waals surface area contributed by atoms with E-state index in [4.69, 9.17) is 30.5 Å². The van der Waals surface area contributed by atoms with E-state index in [1.54, 1.807) is 0 Å². The van der Waals surface area contributed by atoms with Crippen molar-refractivity contribution in [1.29, 1.82) is 0 Å². The molecule has 0 saturated carbocycles. The predicted molar refractivity (Wildman–Crippen MR) is 190 cm³/mol. The molecule has 0 atom stereocenters. The smallest absolute Gasteiger partial charge is 0.143 e. The molecule has 0 unspecified atom stereocenters. The van der Waals surface area contributed by atoms with Gasteiger partial charge in [0.15, 0.2) is 0 Å². The summed E-state index contributed by atoms with van der Waals surface area (Å²) in [5.74, 6) is 0. The summed E-state index contributed by atoms with van der Waals surface area (Å²) in [5.41, 5.74) is -6.55. The van der Waals surface area contributed by atoms with Crippen LogP contribution in [0.3, 0.4) is 0 Å². The van der Waals surface area contributed by atoms with Gasteiger partial charge in [0.25, 0.3) is 0 Å². The zero-order valence-electron chi connectivity index (χ0n) is 49.5. The van der Waals surface area contributed by atoms with Gasteiger partial charge >= 0.3 is 0 Å². The van der Waals surface area contributed by atoms with Crippen molar-refractivity contribution in [3.05, 3.63) is 169 Å². The number of hydrogen-bond acceptors (Lipinski definition) is 1. The van der Waals surface area contributed by atoms with Crippen molar-refractivity contribution in [2.24, 2.45) is 0 Å². The minimum absolute atomic E-state index is 0.491. The van der Waals surface area contributed by atoms with Crippen LogP contribution in [0.5, 0.6) is 0 Å². The maximum atomic E-state index is 9.82. The first-order valence-corrected chi connectivity index (χ1v) is 13.2. The Morgan fingerprint density at radius 1 is 0.356 bits per heavy atom. The van der Waals surface area contributed by atoms with Gasteiger partial charge in [0, 0.05) is 16.3 Å². The normalized spacial score (nSPS) is 20.0. The molecule has 1 nitrogen and oxygen atoms in total. The molecular formula is C44H28O. The fourth-order valence-corrected chi connectivity index (χ4v) is 5.25. The van der Waals surface area contributed by atoms with Crippen LogP contribution in [0, 0.1) is 0 Å². The zero-order chi connectivity index (χ0) is 53.2. The largest absolute Gasteiger partial charge is 0.455 e. The van der Waals surface area contributed by atoms with Crippen LogP contribution >= 0.6 is 0 Å². The van der Waals surface area contributed by atoms with Crippen LogP contribution in [0.15, 0.2) is 174 Å². The third-order valence-electron chi connectivity index (χ3n) is 7.13. The molecule has 0 aliphatic heterocycles. The molecule has 210 valence electrons. The molecule has 45 heavy (non-hydrogen) atoms. The van der Waals surface area contributed by atoms with Gasteiger partial charge in [-0.05, 0) is 78.6 Å². The van der Waals surface area contributed by atoms with Crippen LogP contribution in [0.4, 0.5) is 0 Å². The fraction of sp³-hybridized carbons (Fsp3) is 0. The summed E-state index contributed by atoms with van der Waals surface area (Å²) < 4.78 is 246. The summed E-state index contributed by atoms with van der Waals surface area (Å²) in [7, 11) is 0. The highest BCUT2D eigenvalue weighted by Gasteiger charge is 2.17. The topological polar surface area (TPSA) is 13.1 Å². The first-order valence-electron chi connectivity index (χ1n) is 26.7. The Labute approximate surface area is 299 Å². The van der Waals surface area contributed by atoms with E-state index in [9.17, 15) is 11.0 Å². The SMILES string of the molecule is [2H]c1cc(-c2c([2H])c([2H])c3oc4c(-c5c([2H])c([2H])c([2H])c([2H])c5[2H])c([2H])c([2H])c([2H])c4c3c2[2H])c([2H])c(-c2c3c([2H])c([2H])c([2H])c([2H])c3c(-c3c([2H])c([2H])c([2H])c([2H])c3[2H])c3c([2H])c([2H])c([2H])c([2H])c23)c1[2H]. The highest BCUT2D eigenvalue weighted by Crippen LogP contribution is 2.44. The van der Waals surface area contributed by atoms with Crippen LogP contribution in [0.2, 0.25) is 0 Å². The number of furan rings is 1. The number of fused-ring (bicyclic) bond motifs is 5. The highest BCUT2D eigenvalue weighted by molar-refractivity contribution is 6.21. The third-order valence-corrected chi connectivity index (χ3v) is 7.13. The lowest BCUT2D eigenvalue weighted by Gasteiger charge is -2.18. The van der Waals surface area contributed by atoms with Crippen LogP contribution in [-0.4, -0.2) is 0 Å². The number of benzene rings is 8. The van der Waals surface area contributed by atoms with Crippen LogP contribution in [-0.2, 0) is 0 Å². The van der Waals surface area contributed by atoms with Crippen LogP contribution in [0.1, 0.15) is 37.0 Å². The summed E-state index contributed by atoms with van der Waals surface area (Å²) in [6, 6.07) is -23.1. The predicted octanol–water partition coefficient (Wildman–Crippen LogP) is 12.6. The Kier molecular flexibility index (Phi) is 2.38. The van der Waals surface area contributed by atoms with Gasteiger partial charge in [-0.3, -0.25) is 0 Å². The molecule has 0 radical (unpaired) electrons. The van der Waals surface area contributed by atoms with Crippen molar-refractivity contribution in [1.82, 2.24) is 0 Å². The maximum absolute atomic E-state index is 9.82. The molecule has 9 rings (SSSR count). The third kappa shape index (κ3) is 4.17. The van der Waals surface area contributed by atoms with Crippen molar-refractivity contribution in [3.8, 4) is 44.5 Å². The van der Waals surface area contributed by atoms with Gasteiger partial charge in [-0.2, -0.15) is 0 Å². The van der Waals surface area contributed by atoms with Gasteiger partial charge in [-0.1, -0.05) is 151 Å². The second-order valence-corrected chi connectivity index (χ2v) is 9.59. The first kappa shape index (κ1) is 10.3. The monoisotopic (exact) mass is 599 g/mol.